The fourth-order valence-corrected chi connectivity index (χ4v) is 1.81. The predicted molar refractivity (Wildman–Crippen MR) is 73.5 cm³/mol. The van der Waals surface area contributed by atoms with Crippen molar-refractivity contribution in [3.8, 4) is 0 Å². The first kappa shape index (κ1) is 14.8. The molecule has 0 aromatic carbocycles. The van der Waals surface area contributed by atoms with Gasteiger partial charge in [0.1, 0.15) is 5.69 Å². The molecule has 112 valence electrons. The van der Waals surface area contributed by atoms with Gasteiger partial charge in [0, 0.05) is 26.4 Å². The zero-order valence-electron chi connectivity index (χ0n) is 12.2. The lowest BCUT2D eigenvalue weighted by Gasteiger charge is -2.03. The lowest BCUT2D eigenvalue weighted by Crippen LogP contribution is -2.24. The van der Waals surface area contributed by atoms with Gasteiger partial charge in [0.05, 0.1) is 18.8 Å². The molecule has 2 heterocycles. The highest BCUT2D eigenvalue weighted by Gasteiger charge is 2.18. The molecule has 8 heteroatoms. The number of esters is 1. The third-order valence-corrected chi connectivity index (χ3v) is 2.95. The number of carbonyl (C=O) groups excluding carboxylic acids is 2. The summed E-state index contributed by atoms with van der Waals surface area (Å²) in [5.74, 6) is -0.861. The van der Waals surface area contributed by atoms with Gasteiger partial charge in [-0.2, -0.15) is 10.2 Å². The van der Waals surface area contributed by atoms with Crippen molar-refractivity contribution in [2.45, 2.75) is 13.5 Å². The Kier molecular flexibility index (Phi) is 4.36. The van der Waals surface area contributed by atoms with E-state index in [2.05, 4.69) is 15.5 Å². The van der Waals surface area contributed by atoms with Crippen LogP contribution < -0.4 is 5.32 Å². The van der Waals surface area contributed by atoms with Crippen LogP contribution in [0.25, 0.3) is 0 Å². The Morgan fingerprint density at radius 2 is 2.10 bits per heavy atom. The maximum absolute atomic E-state index is 12.0. The van der Waals surface area contributed by atoms with Crippen molar-refractivity contribution >= 4 is 11.9 Å². The zero-order valence-corrected chi connectivity index (χ0v) is 12.2. The first-order chi connectivity index (χ1) is 10.0. The minimum absolute atomic E-state index is 0.169. The van der Waals surface area contributed by atoms with E-state index in [1.165, 1.54) is 10.7 Å². The molecule has 0 spiro atoms. The monoisotopic (exact) mass is 291 g/mol. The van der Waals surface area contributed by atoms with Crippen LogP contribution in [-0.2, 0) is 25.4 Å². The predicted octanol–water partition coefficient (Wildman–Crippen LogP) is 0.260. The molecule has 0 unspecified atom stereocenters. The normalized spacial score (nSPS) is 10.4. The number of amides is 1. The van der Waals surface area contributed by atoms with Crippen LogP contribution in [-0.4, -0.2) is 38.0 Å². The summed E-state index contributed by atoms with van der Waals surface area (Å²) in [6.45, 7) is 2.32. The molecule has 2 aromatic rings. The SMILES string of the molecule is CCOC(=O)c1cc(C(=O)NCc2ccnn2C)nn1C. The molecule has 0 saturated carbocycles. The highest BCUT2D eigenvalue weighted by atomic mass is 16.5. The van der Waals surface area contributed by atoms with E-state index in [-0.39, 0.29) is 23.9 Å². The van der Waals surface area contributed by atoms with Crippen LogP contribution in [0.5, 0.6) is 0 Å². The number of ether oxygens (including phenoxy) is 1. The molecule has 0 bridgehead atoms. The molecule has 0 aliphatic carbocycles. The standard InChI is InChI=1S/C13H17N5O3/c1-4-21-13(20)11-7-10(16-18(11)3)12(19)14-8-9-5-6-15-17(9)2/h5-7H,4,8H2,1-3H3,(H,14,19). The number of nitrogens with one attached hydrogen (secondary N) is 1. The van der Waals surface area contributed by atoms with Crippen molar-refractivity contribution in [3.63, 3.8) is 0 Å². The average Bonchev–Trinajstić information content (AvgIpc) is 3.02. The maximum atomic E-state index is 12.0. The van der Waals surface area contributed by atoms with Crippen molar-refractivity contribution in [1.29, 1.82) is 0 Å². The maximum Gasteiger partial charge on any atom is 0.356 e. The van der Waals surface area contributed by atoms with Gasteiger partial charge in [0.2, 0.25) is 0 Å². The number of rotatable bonds is 5. The second-order valence-electron chi connectivity index (χ2n) is 4.39. The second kappa shape index (κ2) is 6.21. The van der Waals surface area contributed by atoms with Crippen molar-refractivity contribution < 1.29 is 14.3 Å². The van der Waals surface area contributed by atoms with Crippen molar-refractivity contribution in [1.82, 2.24) is 24.9 Å². The molecule has 2 rings (SSSR count). The van der Waals surface area contributed by atoms with Crippen molar-refractivity contribution in [2.24, 2.45) is 14.1 Å². The number of hydrogen-bond acceptors (Lipinski definition) is 5. The number of hydrogen-bond donors (Lipinski definition) is 1. The Balaban J connectivity index is 2.04. The van der Waals surface area contributed by atoms with Gasteiger partial charge in [-0.15, -0.1) is 0 Å². The van der Waals surface area contributed by atoms with Crippen LogP contribution >= 0.6 is 0 Å². The fourth-order valence-electron chi connectivity index (χ4n) is 1.81. The topological polar surface area (TPSA) is 91.0 Å². The van der Waals surface area contributed by atoms with Crippen LogP contribution in [0.15, 0.2) is 18.3 Å². The number of carbonyl (C=O) groups is 2. The summed E-state index contributed by atoms with van der Waals surface area (Å²) in [6, 6.07) is 3.22. The summed E-state index contributed by atoms with van der Waals surface area (Å²) in [5.41, 5.74) is 1.27. The Labute approximate surface area is 121 Å². The van der Waals surface area contributed by atoms with E-state index in [1.54, 1.807) is 31.9 Å². The van der Waals surface area contributed by atoms with Gasteiger partial charge < -0.3 is 10.1 Å². The third kappa shape index (κ3) is 3.28. The molecule has 0 fully saturated rings. The minimum Gasteiger partial charge on any atom is -0.461 e. The Hall–Kier alpha value is -2.64. The van der Waals surface area contributed by atoms with Crippen LogP contribution in [0.4, 0.5) is 0 Å². The molecule has 0 radical (unpaired) electrons. The van der Waals surface area contributed by atoms with Gasteiger partial charge in [-0.1, -0.05) is 0 Å². The van der Waals surface area contributed by atoms with Gasteiger partial charge in [-0.05, 0) is 13.0 Å². The molecule has 8 nitrogen and oxygen atoms in total. The van der Waals surface area contributed by atoms with E-state index >= 15 is 0 Å². The largest absolute Gasteiger partial charge is 0.461 e. The minimum atomic E-state index is -0.502. The molecule has 0 aliphatic rings. The number of aromatic nitrogens is 4. The van der Waals surface area contributed by atoms with Gasteiger partial charge in [-0.3, -0.25) is 14.2 Å². The average molecular weight is 291 g/mol. The lowest BCUT2D eigenvalue weighted by molar-refractivity contribution is 0.0513. The van der Waals surface area contributed by atoms with E-state index in [1.807, 2.05) is 6.07 Å². The van der Waals surface area contributed by atoms with Gasteiger partial charge in [0.25, 0.3) is 5.91 Å². The molecule has 0 atom stereocenters. The van der Waals surface area contributed by atoms with E-state index < -0.39 is 5.97 Å². The molecule has 2 aromatic heterocycles. The van der Waals surface area contributed by atoms with E-state index in [9.17, 15) is 9.59 Å². The van der Waals surface area contributed by atoms with E-state index in [0.717, 1.165) is 5.69 Å². The third-order valence-electron chi connectivity index (χ3n) is 2.95. The quantitative estimate of drug-likeness (QED) is 0.798. The summed E-state index contributed by atoms with van der Waals surface area (Å²) in [4.78, 5) is 23.7. The summed E-state index contributed by atoms with van der Waals surface area (Å²) >= 11 is 0. The smallest absolute Gasteiger partial charge is 0.356 e. The molecule has 21 heavy (non-hydrogen) atoms. The first-order valence-electron chi connectivity index (χ1n) is 6.49. The first-order valence-corrected chi connectivity index (χ1v) is 6.49. The van der Waals surface area contributed by atoms with Crippen molar-refractivity contribution in [2.75, 3.05) is 6.61 Å². The Morgan fingerprint density at radius 1 is 1.33 bits per heavy atom. The summed E-state index contributed by atoms with van der Waals surface area (Å²) in [6.07, 6.45) is 1.65. The van der Waals surface area contributed by atoms with Crippen molar-refractivity contribution in [3.05, 3.63) is 35.4 Å². The summed E-state index contributed by atoms with van der Waals surface area (Å²) in [7, 11) is 3.38. The van der Waals surface area contributed by atoms with Gasteiger partial charge >= 0.3 is 5.97 Å². The van der Waals surface area contributed by atoms with Crippen LogP contribution in [0.3, 0.4) is 0 Å². The summed E-state index contributed by atoms with van der Waals surface area (Å²) in [5, 5.41) is 10.8. The van der Waals surface area contributed by atoms with E-state index in [0.29, 0.717) is 6.54 Å². The molecule has 1 N–H and O–H groups in total. The molecular weight excluding hydrogens is 274 g/mol. The highest BCUT2D eigenvalue weighted by Crippen LogP contribution is 2.06. The van der Waals surface area contributed by atoms with Gasteiger partial charge in [-0.25, -0.2) is 4.79 Å². The molecular formula is C13H17N5O3. The van der Waals surface area contributed by atoms with Crippen LogP contribution in [0.2, 0.25) is 0 Å². The lowest BCUT2D eigenvalue weighted by atomic mass is 10.3. The fraction of sp³-hybridized carbons (Fsp3) is 0.385. The molecule has 0 aliphatic heterocycles. The number of aryl methyl sites for hydroxylation is 2. The second-order valence-corrected chi connectivity index (χ2v) is 4.39. The summed E-state index contributed by atoms with van der Waals surface area (Å²) < 4.78 is 7.89. The highest BCUT2D eigenvalue weighted by molar-refractivity contribution is 5.95. The Morgan fingerprint density at radius 3 is 2.71 bits per heavy atom. The molecule has 1 amide bonds. The Bertz CT molecular complexity index is 659. The molecule has 0 saturated heterocycles. The zero-order chi connectivity index (χ0) is 15.4. The number of nitrogens with zero attached hydrogens (tertiary/aromatic N) is 4. The van der Waals surface area contributed by atoms with E-state index in [4.69, 9.17) is 4.74 Å². The van der Waals surface area contributed by atoms with Gasteiger partial charge in [0.15, 0.2) is 5.69 Å². The van der Waals surface area contributed by atoms with Crippen LogP contribution in [0.1, 0.15) is 33.6 Å². The van der Waals surface area contributed by atoms with Crippen LogP contribution in [0, 0.1) is 0 Å².